The SMILES string of the molecule is CC1(C)CC(=O)c2cnc3c(c2C1)c(=O)[nH]c(=O)n3CCCN1CCOCC1. The number of nitrogens with zero attached hydrogens (tertiary/aromatic N) is 3. The summed E-state index contributed by atoms with van der Waals surface area (Å²) in [4.78, 5) is 46.7. The number of aromatic amines is 1. The standard InChI is InChI=1S/C20H26N4O4/c1-20(2)10-13-14(15(25)11-20)12-21-17-16(13)18(26)22-19(27)24(17)5-3-4-23-6-8-28-9-7-23/h12H,3-11H2,1-2H3,(H,22,26,27). The first-order valence-electron chi connectivity index (χ1n) is 9.84. The van der Waals surface area contributed by atoms with E-state index in [0.717, 1.165) is 44.8 Å². The molecular formula is C20H26N4O4. The average Bonchev–Trinajstić information content (AvgIpc) is 2.63. The monoisotopic (exact) mass is 386 g/mol. The molecule has 0 amide bonds. The lowest BCUT2D eigenvalue weighted by atomic mass is 9.73. The number of carbonyl (C=O) groups is 1. The number of hydrogen-bond donors (Lipinski definition) is 1. The topological polar surface area (TPSA) is 97.3 Å². The van der Waals surface area contributed by atoms with E-state index < -0.39 is 11.2 Å². The van der Waals surface area contributed by atoms with Crippen LogP contribution in [-0.4, -0.2) is 58.1 Å². The lowest BCUT2D eigenvalue weighted by Gasteiger charge is -2.30. The van der Waals surface area contributed by atoms with Crippen LogP contribution in [0.4, 0.5) is 0 Å². The number of rotatable bonds is 4. The number of aryl methyl sites for hydroxylation is 1. The summed E-state index contributed by atoms with van der Waals surface area (Å²) < 4.78 is 6.89. The van der Waals surface area contributed by atoms with Crippen molar-refractivity contribution in [2.45, 2.75) is 39.7 Å². The minimum absolute atomic E-state index is 0.00474. The van der Waals surface area contributed by atoms with Crippen molar-refractivity contribution in [3.8, 4) is 0 Å². The Morgan fingerprint density at radius 1 is 1.14 bits per heavy atom. The molecule has 2 aliphatic rings. The Morgan fingerprint density at radius 2 is 1.89 bits per heavy atom. The van der Waals surface area contributed by atoms with Crippen LogP contribution in [-0.2, 0) is 17.7 Å². The molecule has 8 heteroatoms. The van der Waals surface area contributed by atoms with Crippen LogP contribution in [0.1, 0.15) is 42.6 Å². The molecule has 1 fully saturated rings. The van der Waals surface area contributed by atoms with Crippen molar-refractivity contribution in [2.75, 3.05) is 32.8 Å². The van der Waals surface area contributed by atoms with Crippen LogP contribution in [0, 0.1) is 5.41 Å². The van der Waals surface area contributed by atoms with Crippen LogP contribution >= 0.6 is 0 Å². The highest BCUT2D eigenvalue weighted by Gasteiger charge is 2.33. The third kappa shape index (κ3) is 3.54. The first-order valence-corrected chi connectivity index (χ1v) is 9.84. The Kier molecular flexibility index (Phi) is 4.93. The molecule has 0 aromatic carbocycles. The van der Waals surface area contributed by atoms with Crippen molar-refractivity contribution >= 4 is 16.8 Å². The number of aromatic nitrogens is 3. The maximum Gasteiger partial charge on any atom is 0.329 e. The lowest BCUT2D eigenvalue weighted by Crippen LogP contribution is -2.38. The molecule has 1 saturated heterocycles. The minimum Gasteiger partial charge on any atom is -0.379 e. The molecule has 8 nitrogen and oxygen atoms in total. The van der Waals surface area contributed by atoms with Gasteiger partial charge < -0.3 is 4.74 Å². The molecular weight excluding hydrogens is 360 g/mol. The van der Waals surface area contributed by atoms with E-state index in [2.05, 4.69) is 14.9 Å². The number of Topliss-reactive ketones (excluding diaryl/α,β-unsaturated/α-hetero) is 1. The summed E-state index contributed by atoms with van der Waals surface area (Å²) in [5.41, 5.74) is 0.472. The van der Waals surface area contributed by atoms with Gasteiger partial charge in [-0.2, -0.15) is 0 Å². The zero-order valence-electron chi connectivity index (χ0n) is 16.4. The maximum atomic E-state index is 12.6. The molecule has 4 rings (SSSR count). The number of ether oxygens (including phenoxy) is 1. The molecule has 0 atom stereocenters. The number of hydrogen-bond acceptors (Lipinski definition) is 6. The number of nitrogens with one attached hydrogen (secondary N) is 1. The average molecular weight is 386 g/mol. The molecule has 0 unspecified atom stereocenters. The van der Waals surface area contributed by atoms with Crippen LogP contribution in [0.25, 0.3) is 11.0 Å². The Bertz CT molecular complexity index is 1030. The molecule has 0 saturated carbocycles. The molecule has 150 valence electrons. The third-order valence-corrected chi connectivity index (χ3v) is 5.67. The van der Waals surface area contributed by atoms with Gasteiger partial charge in [-0.3, -0.25) is 24.0 Å². The summed E-state index contributed by atoms with van der Waals surface area (Å²) in [5.74, 6) is 0.00474. The zero-order chi connectivity index (χ0) is 19.9. The van der Waals surface area contributed by atoms with Gasteiger partial charge in [-0.15, -0.1) is 0 Å². The Balaban J connectivity index is 1.71. The van der Waals surface area contributed by atoms with E-state index in [-0.39, 0.29) is 11.2 Å². The van der Waals surface area contributed by atoms with Gasteiger partial charge in [-0.05, 0) is 23.8 Å². The molecule has 28 heavy (non-hydrogen) atoms. The van der Waals surface area contributed by atoms with E-state index in [1.54, 1.807) is 0 Å². The molecule has 3 heterocycles. The maximum absolute atomic E-state index is 12.6. The molecule has 1 aliphatic heterocycles. The minimum atomic E-state index is -0.459. The highest BCUT2D eigenvalue weighted by molar-refractivity contribution is 6.02. The van der Waals surface area contributed by atoms with E-state index in [1.807, 2.05) is 13.8 Å². The van der Waals surface area contributed by atoms with Crippen molar-refractivity contribution in [3.05, 3.63) is 38.2 Å². The van der Waals surface area contributed by atoms with Crippen molar-refractivity contribution in [1.29, 1.82) is 0 Å². The fraction of sp³-hybridized carbons (Fsp3) is 0.600. The molecule has 0 radical (unpaired) electrons. The summed E-state index contributed by atoms with van der Waals surface area (Å²) in [6.07, 6.45) is 3.35. The highest BCUT2D eigenvalue weighted by Crippen LogP contribution is 2.36. The Hall–Kier alpha value is -2.32. The molecule has 1 aliphatic carbocycles. The Labute approximate surface area is 162 Å². The van der Waals surface area contributed by atoms with Gasteiger partial charge in [0, 0.05) is 44.4 Å². The smallest absolute Gasteiger partial charge is 0.329 e. The largest absolute Gasteiger partial charge is 0.379 e. The fourth-order valence-electron chi connectivity index (χ4n) is 4.28. The van der Waals surface area contributed by atoms with Crippen molar-refractivity contribution in [2.24, 2.45) is 5.41 Å². The second-order valence-corrected chi connectivity index (χ2v) is 8.51. The zero-order valence-corrected chi connectivity index (χ0v) is 16.4. The summed E-state index contributed by atoms with van der Waals surface area (Å²) in [6, 6.07) is 0. The van der Waals surface area contributed by atoms with Crippen molar-refractivity contribution in [3.63, 3.8) is 0 Å². The van der Waals surface area contributed by atoms with Crippen molar-refractivity contribution < 1.29 is 9.53 Å². The summed E-state index contributed by atoms with van der Waals surface area (Å²) in [6.45, 7) is 8.62. The summed E-state index contributed by atoms with van der Waals surface area (Å²) >= 11 is 0. The van der Waals surface area contributed by atoms with Crippen LogP contribution < -0.4 is 11.2 Å². The van der Waals surface area contributed by atoms with Gasteiger partial charge in [0.2, 0.25) is 0 Å². The highest BCUT2D eigenvalue weighted by atomic mass is 16.5. The van der Waals surface area contributed by atoms with Gasteiger partial charge in [0.25, 0.3) is 5.56 Å². The number of morpholine rings is 1. The fourth-order valence-corrected chi connectivity index (χ4v) is 4.28. The van der Waals surface area contributed by atoms with Gasteiger partial charge in [0.05, 0.1) is 18.6 Å². The second-order valence-electron chi connectivity index (χ2n) is 8.51. The van der Waals surface area contributed by atoms with Gasteiger partial charge in [-0.25, -0.2) is 9.78 Å². The number of H-pyrrole nitrogens is 1. The normalized spacial score (nSPS) is 19.7. The second kappa shape index (κ2) is 7.25. The molecule has 1 N–H and O–H groups in total. The van der Waals surface area contributed by atoms with Crippen LogP contribution in [0.15, 0.2) is 15.8 Å². The lowest BCUT2D eigenvalue weighted by molar-refractivity contribution is 0.0369. The molecule has 0 bridgehead atoms. The van der Waals surface area contributed by atoms with E-state index in [9.17, 15) is 14.4 Å². The summed E-state index contributed by atoms with van der Waals surface area (Å²) in [5, 5.41) is 0.379. The molecule has 0 spiro atoms. The van der Waals surface area contributed by atoms with Gasteiger partial charge in [0.1, 0.15) is 5.65 Å². The number of pyridine rings is 1. The van der Waals surface area contributed by atoms with E-state index >= 15 is 0 Å². The van der Waals surface area contributed by atoms with Gasteiger partial charge >= 0.3 is 5.69 Å². The number of fused-ring (bicyclic) bond motifs is 3. The number of ketones is 1. The molecule has 2 aromatic rings. The third-order valence-electron chi connectivity index (χ3n) is 5.67. The predicted molar refractivity (Wildman–Crippen MR) is 105 cm³/mol. The van der Waals surface area contributed by atoms with Gasteiger partial charge in [-0.1, -0.05) is 13.8 Å². The number of carbonyl (C=O) groups excluding carboxylic acids is 1. The van der Waals surface area contributed by atoms with Crippen LogP contribution in [0.3, 0.4) is 0 Å². The van der Waals surface area contributed by atoms with E-state index in [4.69, 9.17) is 4.74 Å². The van der Waals surface area contributed by atoms with E-state index in [0.29, 0.717) is 36.0 Å². The Morgan fingerprint density at radius 3 is 2.64 bits per heavy atom. The molecule has 2 aromatic heterocycles. The van der Waals surface area contributed by atoms with E-state index in [1.165, 1.54) is 10.8 Å². The van der Waals surface area contributed by atoms with Crippen LogP contribution in [0.2, 0.25) is 0 Å². The summed E-state index contributed by atoms with van der Waals surface area (Å²) in [7, 11) is 0. The predicted octanol–water partition coefficient (Wildman–Crippen LogP) is 0.962. The first kappa shape index (κ1) is 19.0. The quantitative estimate of drug-likeness (QED) is 0.841. The van der Waals surface area contributed by atoms with Crippen molar-refractivity contribution in [1.82, 2.24) is 19.4 Å². The first-order chi connectivity index (χ1) is 13.4. The van der Waals surface area contributed by atoms with Crippen LogP contribution in [0.5, 0.6) is 0 Å². The van der Waals surface area contributed by atoms with Gasteiger partial charge in [0.15, 0.2) is 5.78 Å².